The van der Waals surface area contributed by atoms with Gasteiger partial charge in [-0.15, -0.1) is 0 Å². The topological polar surface area (TPSA) is 114 Å². The van der Waals surface area contributed by atoms with Crippen molar-refractivity contribution in [3.05, 3.63) is 35.4 Å². The van der Waals surface area contributed by atoms with Gasteiger partial charge in [0.25, 0.3) is 0 Å². The second-order valence-corrected chi connectivity index (χ2v) is 7.47. The van der Waals surface area contributed by atoms with Crippen molar-refractivity contribution in [2.24, 2.45) is 0 Å². The first-order valence-corrected chi connectivity index (χ1v) is 9.83. The number of Topliss-reactive ketones (excluding diaryl/α,β-unsaturated/α-hetero) is 1. The predicted molar refractivity (Wildman–Crippen MR) is 107 cm³/mol. The Bertz CT molecular complexity index is 762. The summed E-state index contributed by atoms with van der Waals surface area (Å²) in [7, 11) is 0. The number of fused-ring (bicyclic) bond motifs is 1. The Hall–Kier alpha value is -2.74. The van der Waals surface area contributed by atoms with Crippen LogP contribution < -0.4 is 16.0 Å². The molecule has 29 heavy (non-hydrogen) atoms. The van der Waals surface area contributed by atoms with Crippen LogP contribution in [0.3, 0.4) is 0 Å². The fourth-order valence-electron chi connectivity index (χ4n) is 3.09. The molecule has 0 saturated heterocycles. The van der Waals surface area contributed by atoms with Crippen molar-refractivity contribution in [2.45, 2.75) is 64.8 Å². The fraction of sp³-hybridized carbons (Fsp3) is 0.524. The number of hydrogen-bond acceptors (Lipinski definition) is 6. The molecule has 2 amide bonds. The van der Waals surface area contributed by atoms with Crippen molar-refractivity contribution in [2.75, 3.05) is 6.54 Å². The number of carbonyl (C=O) groups excluding carboxylic acids is 4. The third-order valence-corrected chi connectivity index (χ3v) is 4.58. The summed E-state index contributed by atoms with van der Waals surface area (Å²) in [5.41, 5.74) is 2.27. The summed E-state index contributed by atoms with van der Waals surface area (Å²) in [4.78, 5) is 48.0. The Kier molecular flexibility index (Phi) is 8.33. The molecule has 0 fully saturated rings. The SMILES string of the molecule is CC(=O)CCC(NC(=O)CNC(=O)[C@@H]1Cc2ccccc2CN1)C(=O)OC(C)C. The van der Waals surface area contributed by atoms with E-state index in [1.807, 2.05) is 24.3 Å². The van der Waals surface area contributed by atoms with Gasteiger partial charge in [0.05, 0.1) is 18.7 Å². The standard InChI is InChI=1S/C21H29N3O5/c1-13(2)29-21(28)17(9-8-14(3)25)24-19(26)12-23-20(27)18-10-15-6-4-5-7-16(15)11-22-18/h4-7,13,17-18,22H,8-12H2,1-3H3,(H,23,27)(H,24,26)/t17?,18-/m0/s1. The molecule has 0 aromatic heterocycles. The van der Waals surface area contributed by atoms with Crippen LogP contribution in [0, 0.1) is 0 Å². The van der Waals surface area contributed by atoms with Crippen LogP contribution in [0.15, 0.2) is 24.3 Å². The van der Waals surface area contributed by atoms with E-state index in [4.69, 9.17) is 4.74 Å². The van der Waals surface area contributed by atoms with Gasteiger partial charge in [0, 0.05) is 13.0 Å². The van der Waals surface area contributed by atoms with Crippen LogP contribution >= 0.6 is 0 Å². The van der Waals surface area contributed by atoms with E-state index in [-0.39, 0.29) is 37.2 Å². The summed E-state index contributed by atoms with van der Waals surface area (Å²) >= 11 is 0. The van der Waals surface area contributed by atoms with Gasteiger partial charge in [0.15, 0.2) is 0 Å². The summed E-state index contributed by atoms with van der Waals surface area (Å²) in [5.74, 6) is -1.46. The monoisotopic (exact) mass is 403 g/mol. The number of ketones is 1. The highest BCUT2D eigenvalue weighted by Gasteiger charge is 2.26. The Morgan fingerprint density at radius 1 is 1.17 bits per heavy atom. The molecule has 0 saturated carbocycles. The van der Waals surface area contributed by atoms with Crippen molar-refractivity contribution in [3.8, 4) is 0 Å². The van der Waals surface area contributed by atoms with Gasteiger partial charge in [-0.05, 0) is 44.7 Å². The number of esters is 1. The van der Waals surface area contributed by atoms with Gasteiger partial charge in [0.1, 0.15) is 11.8 Å². The molecule has 3 N–H and O–H groups in total. The van der Waals surface area contributed by atoms with Crippen molar-refractivity contribution in [1.82, 2.24) is 16.0 Å². The first-order valence-electron chi connectivity index (χ1n) is 9.83. The Balaban J connectivity index is 1.85. The largest absolute Gasteiger partial charge is 0.461 e. The van der Waals surface area contributed by atoms with Gasteiger partial charge in [0.2, 0.25) is 11.8 Å². The minimum Gasteiger partial charge on any atom is -0.461 e. The molecule has 0 radical (unpaired) electrons. The molecule has 2 atom stereocenters. The maximum Gasteiger partial charge on any atom is 0.328 e. The molecule has 1 unspecified atom stereocenters. The van der Waals surface area contributed by atoms with Crippen LogP contribution in [0.1, 0.15) is 44.7 Å². The van der Waals surface area contributed by atoms with E-state index in [1.54, 1.807) is 13.8 Å². The van der Waals surface area contributed by atoms with E-state index < -0.39 is 24.0 Å². The van der Waals surface area contributed by atoms with E-state index in [1.165, 1.54) is 6.92 Å². The maximum atomic E-state index is 12.4. The van der Waals surface area contributed by atoms with Crippen LogP contribution in [0.4, 0.5) is 0 Å². The number of carbonyl (C=O) groups is 4. The molecule has 0 spiro atoms. The highest BCUT2D eigenvalue weighted by molar-refractivity contribution is 5.90. The van der Waals surface area contributed by atoms with Crippen molar-refractivity contribution in [1.29, 1.82) is 0 Å². The van der Waals surface area contributed by atoms with Crippen LogP contribution in [-0.2, 0) is 36.9 Å². The van der Waals surface area contributed by atoms with E-state index in [9.17, 15) is 19.2 Å². The van der Waals surface area contributed by atoms with Gasteiger partial charge in [-0.3, -0.25) is 9.59 Å². The summed E-state index contributed by atoms with van der Waals surface area (Å²) in [6.45, 7) is 5.16. The Morgan fingerprint density at radius 2 is 1.86 bits per heavy atom. The van der Waals surface area contributed by atoms with Crippen LogP contribution in [0.2, 0.25) is 0 Å². The molecule has 2 rings (SSSR count). The highest BCUT2D eigenvalue weighted by atomic mass is 16.5. The number of rotatable bonds is 9. The van der Waals surface area contributed by atoms with Gasteiger partial charge < -0.3 is 25.5 Å². The molecule has 8 heteroatoms. The highest BCUT2D eigenvalue weighted by Crippen LogP contribution is 2.16. The number of benzene rings is 1. The minimum absolute atomic E-state index is 0.0847. The van der Waals surface area contributed by atoms with Crippen LogP contribution in [0.25, 0.3) is 0 Å². The Labute approximate surface area is 170 Å². The zero-order valence-electron chi connectivity index (χ0n) is 17.1. The number of nitrogens with one attached hydrogen (secondary N) is 3. The average molecular weight is 403 g/mol. The van der Waals surface area contributed by atoms with Crippen molar-refractivity contribution >= 4 is 23.6 Å². The molecule has 0 bridgehead atoms. The smallest absolute Gasteiger partial charge is 0.328 e. The van der Waals surface area contributed by atoms with Crippen LogP contribution in [-0.4, -0.2) is 48.3 Å². The molecular formula is C21H29N3O5. The molecule has 8 nitrogen and oxygen atoms in total. The summed E-state index contributed by atoms with van der Waals surface area (Å²) in [6, 6.07) is 6.55. The number of ether oxygens (including phenoxy) is 1. The van der Waals surface area contributed by atoms with Gasteiger partial charge in [-0.2, -0.15) is 0 Å². The fourth-order valence-corrected chi connectivity index (χ4v) is 3.09. The average Bonchev–Trinajstić information content (AvgIpc) is 2.68. The van der Waals surface area contributed by atoms with Gasteiger partial charge >= 0.3 is 5.97 Å². The van der Waals surface area contributed by atoms with Crippen LogP contribution in [0.5, 0.6) is 0 Å². The lowest BCUT2D eigenvalue weighted by molar-refractivity contribution is -0.151. The maximum absolute atomic E-state index is 12.4. The summed E-state index contributed by atoms with van der Waals surface area (Å²) in [5, 5.41) is 8.31. The minimum atomic E-state index is -0.926. The molecule has 1 heterocycles. The normalized spacial score (nSPS) is 16.5. The zero-order chi connectivity index (χ0) is 21.4. The summed E-state index contributed by atoms with van der Waals surface area (Å²) < 4.78 is 5.14. The Morgan fingerprint density at radius 3 is 2.52 bits per heavy atom. The third-order valence-electron chi connectivity index (χ3n) is 4.58. The van der Waals surface area contributed by atoms with E-state index >= 15 is 0 Å². The first kappa shape index (κ1) is 22.5. The second kappa shape index (κ2) is 10.7. The van der Waals surface area contributed by atoms with E-state index in [2.05, 4.69) is 16.0 Å². The lowest BCUT2D eigenvalue weighted by Crippen LogP contribution is -2.51. The second-order valence-electron chi connectivity index (χ2n) is 7.47. The number of hydrogen-bond donors (Lipinski definition) is 3. The first-order chi connectivity index (χ1) is 13.8. The van der Waals surface area contributed by atoms with Crippen molar-refractivity contribution in [3.63, 3.8) is 0 Å². The molecule has 1 aliphatic heterocycles. The van der Waals surface area contributed by atoms with Crippen molar-refractivity contribution < 1.29 is 23.9 Å². The molecule has 1 aromatic carbocycles. The molecular weight excluding hydrogens is 374 g/mol. The lowest BCUT2D eigenvalue weighted by Gasteiger charge is -2.25. The van der Waals surface area contributed by atoms with E-state index in [0.717, 1.165) is 11.1 Å². The number of amides is 2. The molecule has 1 aromatic rings. The van der Waals surface area contributed by atoms with Gasteiger partial charge in [-0.25, -0.2) is 4.79 Å². The molecule has 158 valence electrons. The molecule has 1 aliphatic rings. The quantitative estimate of drug-likeness (QED) is 0.521. The van der Waals surface area contributed by atoms with E-state index in [0.29, 0.717) is 13.0 Å². The predicted octanol–water partition coefficient (Wildman–Crippen LogP) is 0.623. The zero-order valence-corrected chi connectivity index (χ0v) is 17.1. The lowest BCUT2D eigenvalue weighted by atomic mass is 9.95. The molecule has 0 aliphatic carbocycles. The van der Waals surface area contributed by atoms with Gasteiger partial charge in [-0.1, -0.05) is 24.3 Å². The third kappa shape index (κ3) is 7.30. The summed E-state index contributed by atoms with van der Waals surface area (Å²) in [6.07, 6.45) is 0.516.